The van der Waals surface area contributed by atoms with Crippen molar-refractivity contribution in [3.8, 4) is 11.8 Å². The molecule has 0 radical (unpaired) electrons. The molecule has 118 valence electrons. The highest BCUT2D eigenvalue weighted by molar-refractivity contribution is 5.85. The van der Waals surface area contributed by atoms with Crippen LogP contribution < -0.4 is 10.1 Å². The van der Waals surface area contributed by atoms with Crippen LogP contribution in [0.3, 0.4) is 0 Å². The zero-order chi connectivity index (χ0) is 13.7. The van der Waals surface area contributed by atoms with Gasteiger partial charge in [-0.2, -0.15) is 5.26 Å². The second-order valence-corrected chi connectivity index (χ2v) is 4.56. The third kappa shape index (κ3) is 5.01. The van der Waals surface area contributed by atoms with Gasteiger partial charge < -0.3 is 10.1 Å². The average molecular weight is 336 g/mol. The Hall–Kier alpha value is -1.06. The van der Waals surface area contributed by atoms with Crippen LogP contribution in [-0.2, 0) is 0 Å². The number of nitrogens with one attached hydrogen (secondary N) is 1. The maximum absolute atomic E-state index is 13.8. The number of halogens is 3. The van der Waals surface area contributed by atoms with E-state index >= 15 is 0 Å². The smallest absolute Gasteiger partial charge is 0.165 e. The van der Waals surface area contributed by atoms with E-state index < -0.39 is 0 Å². The van der Waals surface area contributed by atoms with Gasteiger partial charge in [-0.3, -0.25) is 4.90 Å². The number of piperazine rings is 1. The van der Waals surface area contributed by atoms with Crippen molar-refractivity contribution in [2.75, 3.05) is 33.3 Å². The molecule has 0 aliphatic carbocycles. The lowest BCUT2D eigenvalue weighted by atomic mass is 10.0. The van der Waals surface area contributed by atoms with E-state index in [0.29, 0.717) is 6.42 Å². The second-order valence-electron chi connectivity index (χ2n) is 4.56. The maximum atomic E-state index is 13.8. The summed E-state index contributed by atoms with van der Waals surface area (Å²) in [5, 5.41) is 12.3. The third-order valence-electron chi connectivity index (χ3n) is 3.44. The summed E-state index contributed by atoms with van der Waals surface area (Å²) >= 11 is 0. The highest BCUT2D eigenvalue weighted by Gasteiger charge is 2.22. The molecule has 7 heteroatoms. The molecule has 1 fully saturated rings. The van der Waals surface area contributed by atoms with Crippen LogP contribution in [0.2, 0.25) is 0 Å². The molecule has 1 aromatic rings. The number of nitriles is 1. The van der Waals surface area contributed by atoms with Gasteiger partial charge in [0, 0.05) is 32.2 Å². The number of benzene rings is 1. The molecule has 1 heterocycles. The molecule has 1 saturated heterocycles. The lowest BCUT2D eigenvalue weighted by Crippen LogP contribution is -2.45. The quantitative estimate of drug-likeness (QED) is 0.918. The number of nitrogens with zero attached hydrogens (tertiary/aromatic N) is 2. The van der Waals surface area contributed by atoms with Crippen molar-refractivity contribution >= 4 is 24.8 Å². The second kappa shape index (κ2) is 9.80. The molecule has 0 bridgehead atoms. The van der Waals surface area contributed by atoms with E-state index in [-0.39, 0.29) is 42.4 Å². The summed E-state index contributed by atoms with van der Waals surface area (Å²) in [6.45, 7) is 3.56. The van der Waals surface area contributed by atoms with Crippen molar-refractivity contribution in [3.63, 3.8) is 0 Å². The number of hydrogen-bond acceptors (Lipinski definition) is 4. The molecule has 0 saturated carbocycles. The van der Waals surface area contributed by atoms with E-state index in [0.717, 1.165) is 31.7 Å². The first kappa shape index (κ1) is 19.9. The van der Waals surface area contributed by atoms with Gasteiger partial charge in [0.25, 0.3) is 0 Å². The number of ether oxygens (including phenoxy) is 1. The average Bonchev–Trinajstić information content (AvgIpc) is 2.45. The standard InChI is InChI=1S/C14H18FN3O.2ClH/c1-19-14-3-2-11(10-12(14)15)13(4-5-16)18-8-6-17-7-9-18;;/h2-3,10,13,17H,4,6-9H2,1H3;2*1H/t13-;;/m1../s1. The van der Waals surface area contributed by atoms with E-state index in [2.05, 4.69) is 16.3 Å². The van der Waals surface area contributed by atoms with E-state index in [9.17, 15) is 4.39 Å². The summed E-state index contributed by atoms with van der Waals surface area (Å²) in [5.74, 6) is -0.141. The lowest BCUT2D eigenvalue weighted by molar-refractivity contribution is 0.175. The molecule has 0 amide bonds. The summed E-state index contributed by atoms with van der Waals surface area (Å²) in [6.07, 6.45) is 0.367. The third-order valence-corrected chi connectivity index (χ3v) is 3.44. The molecule has 4 nitrogen and oxygen atoms in total. The Morgan fingerprint density at radius 3 is 2.57 bits per heavy atom. The van der Waals surface area contributed by atoms with Crippen LogP contribution in [0, 0.1) is 17.1 Å². The highest BCUT2D eigenvalue weighted by atomic mass is 35.5. The molecule has 0 spiro atoms. The predicted octanol–water partition coefficient (Wildman–Crippen LogP) is 2.54. The minimum absolute atomic E-state index is 0. The van der Waals surface area contributed by atoms with Gasteiger partial charge in [-0.15, -0.1) is 24.8 Å². The fourth-order valence-electron chi connectivity index (χ4n) is 2.43. The Bertz CT molecular complexity index is 476. The Morgan fingerprint density at radius 1 is 1.38 bits per heavy atom. The summed E-state index contributed by atoms with van der Waals surface area (Å²) in [6, 6.07) is 7.08. The van der Waals surface area contributed by atoms with Crippen molar-refractivity contribution < 1.29 is 9.13 Å². The van der Waals surface area contributed by atoms with Crippen LogP contribution in [0.25, 0.3) is 0 Å². The number of rotatable bonds is 4. The van der Waals surface area contributed by atoms with Gasteiger partial charge in [0.2, 0.25) is 0 Å². The van der Waals surface area contributed by atoms with Gasteiger partial charge in [-0.05, 0) is 17.7 Å². The van der Waals surface area contributed by atoms with E-state index in [4.69, 9.17) is 10.00 Å². The molecule has 1 N–H and O–H groups in total. The van der Waals surface area contributed by atoms with E-state index in [1.54, 1.807) is 6.07 Å². The topological polar surface area (TPSA) is 48.3 Å². The fraction of sp³-hybridized carbons (Fsp3) is 0.500. The molecule has 1 aliphatic heterocycles. The van der Waals surface area contributed by atoms with Crippen LogP contribution in [-0.4, -0.2) is 38.2 Å². The first-order valence-corrected chi connectivity index (χ1v) is 6.41. The zero-order valence-electron chi connectivity index (χ0n) is 11.8. The lowest BCUT2D eigenvalue weighted by Gasteiger charge is -2.34. The van der Waals surface area contributed by atoms with Gasteiger partial charge in [0.15, 0.2) is 11.6 Å². The van der Waals surface area contributed by atoms with Crippen molar-refractivity contribution in [3.05, 3.63) is 29.6 Å². The largest absolute Gasteiger partial charge is 0.494 e. The summed E-state index contributed by atoms with van der Waals surface area (Å²) in [4.78, 5) is 2.22. The fourth-order valence-corrected chi connectivity index (χ4v) is 2.43. The molecular weight excluding hydrogens is 316 g/mol. The van der Waals surface area contributed by atoms with Crippen molar-refractivity contribution in [2.45, 2.75) is 12.5 Å². The molecule has 1 aliphatic rings. The van der Waals surface area contributed by atoms with Crippen LogP contribution >= 0.6 is 24.8 Å². The molecule has 0 unspecified atom stereocenters. The van der Waals surface area contributed by atoms with Gasteiger partial charge in [0.05, 0.1) is 19.6 Å². The predicted molar refractivity (Wildman–Crippen MR) is 84.9 cm³/mol. The van der Waals surface area contributed by atoms with Gasteiger partial charge in [0.1, 0.15) is 0 Å². The SMILES string of the molecule is COc1ccc([C@@H](CC#N)N2CCNCC2)cc1F.Cl.Cl. The summed E-state index contributed by atoms with van der Waals surface area (Å²) < 4.78 is 18.7. The van der Waals surface area contributed by atoms with Gasteiger partial charge in [-0.25, -0.2) is 4.39 Å². The Balaban J connectivity index is 0.00000200. The Morgan fingerprint density at radius 2 is 2.05 bits per heavy atom. The number of methoxy groups -OCH3 is 1. The first-order valence-electron chi connectivity index (χ1n) is 6.41. The molecule has 2 rings (SSSR count). The molecule has 1 aromatic carbocycles. The number of hydrogen-bond donors (Lipinski definition) is 1. The molecular formula is C14H20Cl2FN3O. The summed E-state index contributed by atoms with van der Waals surface area (Å²) in [5.41, 5.74) is 0.835. The molecule has 1 atom stereocenters. The van der Waals surface area contributed by atoms with Crippen LogP contribution in [0.4, 0.5) is 4.39 Å². The van der Waals surface area contributed by atoms with Crippen LogP contribution in [0.15, 0.2) is 18.2 Å². The minimum Gasteiger partial charge on any atom is -0.494 e. The monoisotopic (exact) mass is 335 g/mol. The van der Waals surface area contributed by atoms with E-state index in [1.807, 2.05) is 6.07 Å². The summed E-state index contributed by atoms with van der Waals surface area (Å²) in [7, 11) is 1.45. The minimum atomic E-state index is -0.377. The van der Waals surface area contributed by atoms with Crippen LogP contribution in [0.1, 0.15) is 18.0 Å². The zero-order valence-corrected chi connectivity index (χ0v) is 13.5. The van der Waals surface area contributed by atoms with Crippen LogP contribution in [0.5, 0.6) is 5.75 Å². The van der Waals surface area contributed by atoms with Crippen molar-refractivity contribution in [2.24, 2.45) is 0 Å². The maximum Gasteiger partial charge on any atom is 0.165 e. The first-order chi connectivity index (χ1) is 9.26. The molecule has 0 aromatic heterocycles. The Kier molecular flexibility index (Phi) is 9.31. The molecule has 21 heavy (non-hydrogen) atoms. The van der Waals surface area contributed by atoms with Gasteiger partial charge >= 0.3 is 0 Å². The van der Waals surface area contributed by atoms with Crippen molar-refractivity contribution in [1.82, 2.24) is 10.2 Å². The Labute approximate surface area is 137 Å². The van der Waals surface area contributed by atoms with Crippen molar-refractivity contribution in [1.29, 1.82) is 5.26 Å². The normalized spacial score (nSPS) is 16.0. The van der Waals surface area contributed by atoms with Gasteiger partial charge in [-0.1, -0.05) is 6.07 Å². The highest BCUT2D eigenvalue weighted by Crippen LogP contribution is 2.28. The van der Waals surface area contributed by atoms with E-state index in [1.165, 1.54) is 13.2 Å².